The van der Waals surface area contributed by atoms with Crippen molar-refractivity contribution in [1.82, 2.24) is 24.6 Å². The van der Waals surface area contributed by atoms with E-state index in [1.54, 1.807) is 21.8 Å². The van der Waals surface area contributed by atoms with Gasteiger partial charge < -0.3 is 5.32 Å². The summed E-state index contributed by atoms with van der Waals surface area (Å²) >= 11 is 0. The van der Waals surface area contributed by atoms with Gasteiger partial charge in [-0.25, -0.2) is 9.67 Å². The summed E-state index contributed by atoms with van der Waals surface area (Å²) in [7, 11) is 0. The van der Waals surface area contributed by atoms with Gasteiger partial charge in [-0.1, -0.05) is 66.2 Å². The SMILES string of the molecule is Cc1ccc(Cn2cnc3c(cnn3CCNC(=O)c3cccc4ccccc34)c2=O)cc1. The number of hydrogen-bond donors (Lipinski definition) is 1. The molecule has 0 atom stereocenters. The molecule has 0 saturated heterocycles. The lowest BCUT2D eigenvalue weighted by Crippen LogP contribution is -2.28. The number of nitrogens with zero attached hydrogens (tertiary/aromatic N) is 4. The Bertz CT molecular complexity index is 1510. The van der Waals surface area contributed by atoms with Crippen LogP contribution in [-0.4, -0.2) is 31.8 Å². The molecule has 0 aliphatic carbocycles. The Labute approximate surface area is 190 Å². The van der Waals surface area contributed by atoms with Crippen LogP contribution in [0.2, 0.25) is 0 Å². The fourth-order valence-corrected chi connectivity index (χ4v) is 3.96. The number of benzene rings is 3. The summed E-state index contributed by atoms with van der Waals surface area (Å²) in [6.07, 6.45) is 3.10. The van der Waals surface area contributed by atoms with Gasteiger partial charge in [0.05, 0.1) is 19.3 Å². The molecule has 0 bridgehead atoms. The number of hydrogen-bond acceptors (Lipinski definition) is 4. The molecule has 1 amide bonds. The van der Waals surface area contributed by atoms with E-state index in [0.717, 1.165) is 16.3 Å². The lowest BCUT2D eigenvalue weighted by Gasteiger charge is -2.09. The van der Waals surface area contributed by atoms with E-state index in [0.29, 0.717) is 36.2 Å². The summed E-state index contributed by atoms with van der Waals surface area (Å²) in [5.41, 5.74) is 3.22. The Morgan fingerprint density at radius 3 is 2.61 bits per heavy atom. The van der Waals surface area contributed by atoms with Crippen LogP contribution >= 0.6 is 0 Å². The van der Waals surface area contributed by atoms with Crippen molar-refractivity contribution in [2.75, 3.05) is 6.54 Å². The third-order valence-electron chi connectivity index (χ3n) is 5.74. The van der Waals surface area contributed by atoms with Gasteiger partial charge in [-0.15, -0.1) is 0 Å². The van der Waals surface area contributed by atoms with Gasteiger partial charge in [0.2, 0.25) is 0 Å². The minimum absolute atomic E-state index is 0.133. The van der Waals surface area contributed by atoms with Crippen molar-refractivity contribution in [1.29, 1.82) is 0 Å². The second-order valence-electron chi connectivity index (χ2n) is 8.05. The molecule has 7 nitrogen and oxygen atoms in total. The molecule has 0 spiro atoms. The van der Waals surface area contributed by atoms with Crippen LogP contribution in [0.1, 0.15) is 21.5 Å². The van der Waals surface area contributed by atoms with Gasteiger partial charge in [-0.3, -0.25) is 14.2 Å². The van der Waals surface area contributed by atoms with E-state index in [-0.39, 0.29) is 11.5 Å². The molecule has 3 aromatic carbocycles. The van der Waals surface area contributed by atoms with Gasteiger partial charge in [0.15, 0.2) is 5.65 Å². The summed E-state index contributed by atoms with van der Waals surface area (Å²) in [4.78, 5) is 30.1. The van der Waals surface area contributed by atoms with Crippen LogP contribution in [0.4, 0.5) is 0 Å². The minimum atomic E-state index is -0.142. The molecular weight excluding hydrogens is 414 g/mol. The zero-order valence-corrected chi connectivity index (χ0v) is 18.2. The van der Waals surface area contributed by atoms with Crippen LogP contribution in [0.25, 0.3) is 21.8 Å². The topological polar surface area (TPSA) is 81.8 Å². The fraction of sp³-hybridized carbons (Fsp3) is 0.154. The van der Waals surface area contributed by atoms with Crippen molar-refractivity contribution >= 4 is 27.7 Å². The number of amides is 1. The van der Waals surface area contributed by atoms with Crippen LogP contribution in [0.5, 0.6) is 0 Å². The van der Waals surface area contributed by atoms with E-state index in [1.165, 1.54) is 5.56 Å². The van der Waals surface area contributed by atoms with Crippen LogP contribution < -0.4 is 10.9 Å². The minimum Gasteiger partial charge on any atom is -0.350 e. The molecule has 2 aromatic heterocycles. The van der Waals surface area contributed by atoms with E-state index in [9.17, 15) is 9.59 Å². The summed E-state index contributed by atoms with van der Waals surface area (Å²) < 4.78 is 3.23. The highest BCUT2D eigenvalue weighted by molar-refractivity contribution is 6.06. The smallest absolute Gasteiger partial charge is 0.264 e. The van der Waals surface area contributed by atoms with Crippen molar-refractivity contribution in [2.24, 2.45) is 0 Å². The lowest BCUT2D eigenvalue weighted by atomic mass is 10.0. The van der Waals surface area contributed by atoms with E-state index in [1.807, 2.05) is 73.7 Å². The molecule has 0 radical (unpaired) electrons. The maximum Gasteiger partial charge on any atom is 0.264 e. The second-order valence-corrected chi connectivity index (χ2v) is 8.05. The van der Waals surface area contributed by atoms with Crippen molar-refractivity contribution in [3.63, 3.8) is 0 Å². The molecule has 0 aliphatic rings. The van der Waals surface area contributed by atoms with E-state index in [2.05, 4.69) is 15.4 Å². The molecule has 5 rings (SSSR count). The summed E-state index contributed by atoms with van der Waals surface area (Å²) in [5, 5.41) is 9.67. The zero-order valence-electron chi connectivity index (χ0n) is 18.2. The van der Waals surface area contributed by atoms with Crippen molar-refractivity contribution < 1.29 is 4.79 Å². The first-order chi connectivity index (χ1) is 16.1. The molecule has 0 aliphatic heterocycles. The molecule has 1 N–H and O–H groups in total. The van der Waals surface area contributed by atoms with Crippen molar-refractivity contribution in [2.45, 2.75) is 20.0 Å². The van der Waals surface area contributed by atoms with Gasteiger partial charge in [-0.05, 0) is 29.3 Å². The van der Waals surface area contributed by atoms with Gasteiger partial charge in [0.1, 0.15) is 11.7 Å². The Hall–Kier alpha value is -4.26. The monoisotopic (exact) mass is 437 g/mol. The van der Waals surface area contributed by atoms with E-state index in [4.69, 9.17) is 0 Å². The first-order valence-electron chi connectivity index (χ1n) is 10.8. The highest BCUT2D eigenvalue weighted by Gasteiger charge is 2.12. The Morgan fingerprint density at radius 1 is 0.970 bits per heavy atom. The normalized spacial score (nSPS) is 11.2. The summed E-state index contributed by atoms with van der Waals surface area (Å²) in [5.74, 6) is -0.142. The van der Waals surface area contributed by atoms with Crippen molar-refractivity contribution in [3.8, 4) is 0 Å². The zero-order chi connectivity index (χ0) is 22.8. The maximum absolute atomic E-state index is 12.9. The van der Waals surface area contributed by atoms with E-state index >= 15 is 0 Å². The van der Waals surface area contributed by atoms with Crippen LogP contribution in [0, 0.1) is 6.92 Å². The average molecular weight is 438 g/mol. The number of carbonyl (C=O) groups excluding carboxylic acids is 1. The highest BCUT2D eigenvalue weighted by atomic mass is 16.1. The van der Waals surface area contributed by atoms with Gasteiger partial charge >= 0.3 is 0 Å². The standard InChI is InChI=1S/C26H23N5O2/c1-18-9-11-19(12-10-18)16-30-17-28-24-23(26(30)33)15-29-31(24)14-13-27-25(32)22-8-4-6-20-5-2-3-7-21(20)22/h2-12,15,17H,13-14,16H2,1H3,(H,27,32). The molecule has 0 saturated carbocycles. The number of rotatable bonds is 6. The lowest BCUT2D eigenvalue weighted by molar-refractivity contribution is 0.0953. The highest BCUT2D eigenvalue weighted by Crippen LogP contribution is 2.18. The first kappa shape index (κ1) is 20.6. The molecule has 7 heteroatoms. The molecule has 33 heavy (non-hydrogen) atoms. The van der Waals surface area contributed by atoms with Gasteiger partial charge in [0, 0.05) is 12.1 Å². The van der Waals surface area contributed by atoms with Crippen LogP contribution in [0.3, 0.4) is 0 Å². The Kier molecular flexibility index (Phi) is 5.44. The summed E-state index contributed by atoms with van der Waals surface area (Å²) in [6.45, 7) is 3.26. The Morgan fingerprint density at radius 2 is 1.76 bits per heavy atom. The first-order valence-corrected chi connectivity index (χ1v) is 10.8. The average Bonchev–Trinajstić information content (AvgIpc) is 3.25. The summed E-state index contributed by atoms with van der Waals surface area (Å²) in [6, 6.07) is 21.6. The van der Waals surface area contributed by atoms with Crippen molar-refractivity contribution in [3.05, 3.63) is 106 Å². The molecule has 0 fully saturated rings. The van der Waals surface area contributed by atoms with Gasteiger partial charge in [0.25, 0.3) is 11.5 Å². The molecule has 2 heterocycles. The molecule has 164 valence electrons. The fourth-order valence-electron chi connectivity index (χ4n) is 3.96. The predicted molar refractivity (Wildman–Crippen MR) is 128 cm³/mol. The quantitative estimate of drug-likeness (QED) is 0.441. The molecular formula is C26H23N5O2. The molecule has 5 aromatic rings. The third-order valence-corrected chi connectivity index (χ3v) is 5.74. The third kappa shape index (κ3) is 4.13. The Balaban J connectivity index is 1.29. The van der Waals surface area contributed by atoms with Crippen LogP contribution in [0.15, 0.2) is 84.0 Å². The predicted octanol–water partition coefficient (Wildman–Crippen LogP) is 3.53. The maximum atomic E-state index is 12.9. The number of aromatic nitrogens is 4. The second kappa shape index (κ2) is 8.70. The number of fused-ring (bicyclic) bond motifs is 2. The molecule has 0 unspecified atom stereocenters. The van der Waals surface area contributed by atoms with Crippen LogP contribution in [-0.2, 0) is 13.1 Å². The number of nitrogens with one attached hydrogen (secondary N) is 1. The largest absolute Gasteiger partial charge is 0.350 e. The number of aryl methyl sites for hydroxylation is 1. The number of carbonyl (C=O) groups is 1. The van der Waals surface area contributed by atoms with E-state index < -0.39 is 0 Å². The van der Waals surface area contributed by atoms with Gasteiger partial charge in [-0.2, -0.15) is 5.10 Å².